The molecule has 2 rings (SSSR count). The van der Waals surface area contributed by atoms with Crippen molar-refractivity contribution in [3.8, 4) is 0 Å². The predicted octanol–water partition coefficient (Wildman–Crippen LogP) is 3.92. The Balaban J connectivity index is 2.39. The zero-order chi connectivity index (χ0) is 15.8. The van der Waals surface area contributed by atoms with E-state index in [1.165, 1.54) is 13.0 Å². The molecule has 10 heteroatoms. The molecule has 0 aliphatic rings. The average molecular weight is 357 g/mol. The second-order valence-electron chi connectivity index (χ2n) is 4.07. The first-order chi connectivity index (χ1) is 9.59. The summed E-state index contributed by atoms with van der Waals surface area (Å²) in [7, 11) is -4.02. The molecule has 1 N–H and O–H groups in total. The van der Waals surface area contributed by atoms with E-state index in [4.69, 9.17) is 11.6 Å². The van der Waals surface area contributed by atoms with Gasteiger partial charge in [-0.15, -0.1) is 0 Å². The lowest BCUT2D eigenvalue weighted by Crippen LogP contribution is -2.14. The highest BCUT2D eigenvalue weighted by Gasteiger charge is 2.31. The molecule has 2 aromatic rings. The van der Waals surface area contributed by atoms with Crippen LogP contribution in [0.5, 0.6) is 0 Å². The summed E-state index contributed by atoms with van der Waals surface area (Å²) in [6, 6.07) is 2.83. The highest BCUT2D eigenvalue weighted by Crippen LogP contribution is 2.33. The smallest absolute Gasteiger partial charge is 0.279 e. The van der Waals surface area contributed by atoms with Crippen LogP contribution >= 0.6 is 22.9 Å². The summed E-state index contributed by atoms with van der Waals surface area (Å²) < 4.78 is 64.0. The van der Waals surface area contributed by atoms with E-state index >= 15 is 0 Å². The van der Waals surface area contributed by atoms with Gasteiger partial charge in [0.25, 0.3) is 10.0 Å². The van der Waals surface area contributed by atoms with E-state index in [0.29, 0.717) is 16.9 Å². The van der Waals surface area contributed by atoms with E-state index < -0.39 is 21.8 Å². The van der Waals surface area contributed by atoms with E-state index in [-0.39, 0.29) is 14.4 Å². The van der Waals surface area contributed by atoms with E-state index in [0.717, 1.165) is 18.3 Å². The zero-order valence-corrected chi connectivity index (χ0v) is 12.8. The Kier molecular flexibility index (Phi) is 4.18. The number of anilines is 1. The zero-order valence-electron chi connectivity index (χ0n) is 10.4. The minimum Gasteiger partial charge on any atom is -0.279 e. The van der Waals surface area contributed by atoms with Gasteiger partial charge in [0.05, 0.1) is 17.4 Å². The van der Waals surface area contributed by atoms with Crippen molar-refractivity contribution >= 4 is 38.6 Å². The molecule has 1 aromatic heterocycles. The predicted molar refractivity (Wildman–Crippen MR) is 74.1 cm³/mol. The maximum atomic E-state index is 12.7. The first-order valence-corrected chi connectivity index (χ1v) is 8.09. The summed E-state index contributed by atoms with van der Waals surface area (Å²) in [6.07, 6.45) is -3.51. The molecular weight excluding hydrogens is 349 g/mol. The maximum Gasteiger partial charge on any atom is 0.416 e. The summed E-state index contributed by atoms with van der Waals surface area (Å²) in [5.41, 5.74) is -0.718. The fraction of sp³-hybridized carbons (Fsp3) is 0.182. The summed E-state index contributed by atoms with van der Waals surface area (Å²) in [5.74, 6) is 0. The molecule has 0 saturated heterocycles. The molecular formula is C11H8ClF3N2O2S2. The molecule has 0 aliphatic heterocycles. The fourth-order valence-electron chi connectivity index (χ4n) is 1.47. The first kappa shape index (κ1) is 16.1. The van der Waals surface area contributed by atoms with Crippen molar-refractivity contribution in [3.63, 3.8) is 0 Å². The second kappa shape index (κ2) is 5.47. The van der Waals surface area contributed by atoms with Gasteiger partial charge in [0.1, 0.15) is 0 Å². The minimum absolute atomic E-state index is 0.0242. The molecule has 0 amide bonds. The van der Waals surface area contributed by atoms with Crippen LogP contribution in [-0.2, 0) is 16.2 Å². The molecule has 0 fully saturated rings. The van der Waals surface area contributed by atoms with Crippen molar-refractivity contribution in [1.82, 2.24) is 4.98 Å². The number of hydrogen-bond donors (Lipinski definition) is 1. The molecule has 0 saturated carbocycles. The van der Waals surface area contributed by atoms with Crippen LogP contribution in [0.3, 0.4) is 0 Å². The van der Waals surface area contributed by atoms with Crippen molar-refractivity contribution in [3.05, 3.63) is 40.0 Å². The monoisotopic (exact) mass is 356 g/mol. The number of sulfonamides is 1. The normalized spacial score (nSPS) is 12.4. The fourth-order valence-corrected chi connectivity index (χ4v) is 3.88. The summed E-state index contributed by atoms with van der Waals surface area (Å²) in [5, 5.41) is 0. The molecule has 0 aliphatic carbocycles. The maximum absolute atomic E-state index is 12.7. The van der Waals surface area contributed by atoms with Gasteiger partial charge in [-0.2, -0.15) is 13.2 Å². The molecule has 4 nitrogen and oxygen atoms in total. The highest BCUT2D eigenvalue weighted by atomic mass is 35.5. The molecule has 1 heterocycles. The third kappa shape index (κ3) is 3.66. The Hall–Kier alpha value is -1.32. The number of rotatable bonds is 3. The van der Waals surface area contributed by atoms with Crippen LogP contribution in [0.15, 0.2) is 28.6 Å². The second-order valence-corrected chi connectivity index (χ2v) is 7.59. The molecule has 0 bridgehead atoms. The van der Waals surface area contributed by atoms with Crippen molar-refractivity contribution in [1.29, 1.82) is 0 Å². The third-order valence-electron chi connectivity index (χ3n) is 2.53. The number of halogens is 4. The molecule has 0 radical (unpaired) electrons. The summed E-state index contributed by atoms with van der Waals surface area (Å²) in [4.78, 5) is 3.59. The number of benzene rings is 1. The Labute approximate surface area is 127 Å². The van der Waals surface area contributed by atoms with E-state index in [1.54, 1.807) is 0 Å². The van der Waals surface area contributed by atoms with Crippen LogP contribution in [0, 0.1) is 6.92 Å². The van der Waals surface area contributed by atoms with Gasteiger partial charge in [-0.3, -0.25) is 4.72 Å². The Morgan fingerprint density at radius 2 is 2.00 bits per heavy atom. The Morgan fingerprint density at radius 3 is 2.52 bits per heavy atom. The molecule has 0 atom stereocenters. The van der Waals surface area contributed by atoms with E-state index in [1.807, 2.05) is 0 Å². The molecule has 21 heavy (non-hydrogen) atoms. The van der Waals surface area contributed by atoms with Gasteiger partial charge in [-0.25, -0.2) is 13.4 Å². The lowest BCUT2D eigenvalue weighted by Gasteiger charge is -2.12. The van der Waals surface area contributed by atoms with Crippen molar-refractivity contribution in [2.24, 2.45) is 0 Å². The minimum atomic E-state index is -4.55. The van der Waals surface area contributed by atoms with Crippen molar-refractivity contribution in [2.75, 3.05) is 4.72 Å². The van der Waals surface area contributed by atoms with Crippen molar-refractivity contribution < 1.29 is 21.6 Å². The lowest BCUT2D eigenvalue weighted by atomic mass is 10.1. The van der Waals surface area contributed by atoms with Crippen LogP contribution in [0.4, 0.5) is 18.9 Å². The van der Waals surface area contributed by atoms with Crippen LogP contribution in [0.1, 0.15) is 11.1 Å². The SMILES string of the molecule is Cc1ccc(C(F)(F)F)cc1NS(=O)(=O)c1cnc(Cl)s1. The van der Waals surface area contributed by atoms with E-state index in [9.17, 15) is 21.6 Å². The van der Waals surface area contributed by atoms with E-state index in [2.05, 4.69) is 9.71 Å². The Bertz CT molecular complexity index is 772. The standard InChI is InChI=1S/C11H8ClF3N2O2S2/c1-6-2-3-7(11(13,14)15)4-8(6)17-21(18,19)9-5-16-10(12)20-9/h2-5,17H,1H3. The summed E-state index contributed by atoms with van der Waals surface area (Å²) in [6.45, 7) is 1.50. The van der Waals surface area contributed by atoms with Gasteiger partial charge in [0.2, 0.25) is 0 Å². The molecule has 1 aromatic carbocycles. The molecule has 0 unspecified atom stereocenters. The lowest BCUT2D eigenvalue weighted by molar-refractivity contribution is -0.137. The number of aromatic nitrogens is 1. The van der Waals surface area contributed by atoms with Crippen LogP contribution in [-0.4, -0.2) is 13.4 Å². The Morgan fingerprint density at radius 1 is 1.33 bits per heavy atom. The largest absolute Gasteiger partial charge is 0.416 e. The summed E-state index contributed by atoms with van der Waals surface area (Å²) >= 11 is 6.26. The number of hydrogen-bond acceptors (Lipinski definition) is 4. The van der Waals surface area contributed by atoms with Crippen LogP contribution in [0.25, 0.3) is 0 Å². The number of alkyl halides is 3. The molecule has 0 spiro atoms. The first-order valence-electron chi connectivity index (χ1n) is 5.41. The van der Waals surface area contributed by atoms with Gasteiger partial charge in [0, 0.05) is 0 Å². The highest BCUT2D eigenvalue weighted by molar-refractivity contribution is 7.94. The van der Waals surface area contributed by atoms with Gasteiger partial charge in [-0.1, -0.05) is 29.0 Å². The van der Waals surface area contributed by atoms with Gasteiger partial charge in [0.15, 0.2) is 8.68 Å². The topological polar surface area (TPSA) is 59.1 Å². The van der Waals surface area contributed by atoms with Gasteiger partial charge in [-0.05, 0) is 24.6 Å². The van der Waals surface area contributed by atoms with Gasteiger partial charge < -0.3 is 0 Å². The number of thiazole rings is 1. The number of aryl methyl sites for hydroxylation is 1. The third-order valence-corrected chi connectivity index (χ3v) is 5.47. The van der Waals surface area contributed by atoms with Crippen molar-refractivity contribution in [2.45, 2.75) is 17.3 Å². The number of nitrogens with zero attached hydrogens (tertiary/aromatic N) is 1. The average Bonchev–Trinajstić information content (AvgIpc) is 2.78. The van der Waals surface area contributed by atoms with Gasteiger partial charge >= 0.3 is 6.18 Å². The quantitative estimate of drug-likeness (QED) is 0.906. The molecule has 114 valence electrons. The van der Waals surface area contributed by atoms with Crippen LogP contribution < -0.4 is 4.72 Å². The van der Waals surface area contributed by atoms with Crippen LogP contribution in [0.2, 0.25) is 4.47 Å². The number of nitrogens with one attached hydrogen (secondary N) is 1.